The quantitative estimate of drug-likeness (QED) is 0.537. The first-order valence-corrected chi connectivity index (χ1v) is 9.76. The zero-order valence-electron chi connectivity index (χ0n) is 15.3. The maximum absolute atomic E-state index is 12.8. The molecule has 0 aliphatic carbocycles. The molecule has 1 atom stereocenters. The zero-order valence-corrected chi connectivity index (χ0v) is 16.1. The first-order valence-electron chi connectivity index (χ1n) is 8.44. The molecule has 27 heavy (non-hydrogen) atoms. The highest BCUT2D eigenvalue weighted by Crippen LogP contribution is 2.26. The highest BCUT2D eigenvalue weighted by atomic mass is 32.2. The van der Waals surface area contributed by atoms with Crippen LogP contribution in [0.2, 0.25) is 0 Å². The molecule has 4 aromatic rings. The molecule has 4 heterocycles. The molecule has 8 heteroatoms. The van der Waals surface area contributed by atoms with Gasteiger partial charge in [-0.15, -0.1) is 0 Å². The number of imidazole rings is 1. The smallest absolute Gasteiger partial charge is 0.323 e. The lowest BCUT2D eigenvalue weighted by Gasteiger charge is -2.13. The van der Waals surface area contributed by atoms with Crippen molar-refractivity contribution in [3.63, 3.8) is 0 Å². The van der Waals surface area contributed by atoms with Crippen molar-refractivity contribution in [2.24, 2.45) is 0 Å². The maximum Gasteiger partial charge on any atom is 0.323 e. The molecule has 0 bridgehead atoms. The van der Waals surface area contributed by atoms with Gasteiger partial charge in [0, 0.05) is 40.9 Å². The number of fused-ring (bicyclic) bond motifs is 1. The van der Waals surface area contributed by atoms with E-state index in [4.69, 9.17) is 4.74 Å². The van der Waals surface area contributed by atoms with E-state index in [2.05, 4.69) is 19.9 Å². The second-order valence-corrected chi connectivity index (χ2v) is 7.58. The molecule has 4 rings (SSSR count). The van der Waals surface area contributed by atoms with Crippen LogP contribution in [-0.2, 0) is 16.9 Å². The molecule has 0 aliphatic heterocycles. The fourth-order valence-electron chi connectivity index (χ4n) is 3.01. The number of pyridine rings is 2. The van der Waals surface area contributed by atoms with Crippen LogP contribution in [0.15, 0.2) is 48.0 Å². The largest absolute Gasteiger partial charge is 0.609 e. The summed E-state index contributed by atoms with van der Waals surface area (Å²) in [6.07, 6.45) is 5.57. The van der Waals surface area contributed by atoms with Crippen LogP contribution in [0, 0.1) is 13.8 Å². The van der Waals surface area contributed by atoms with E-state index in [-0.39, 0.29) is 5.75 Å². The molecule has 0 aliphatic rings. The minimum atomic E-state index is -1.37. The third-order valence-corrected chi connectivity index (χ3v) is 5.57. The number of hydrogen-bond acceptors (Lipinski definition) is 5. The van der Waals surface area contributed by atoms with Crippen LogP contribution in [0.1, 0.15) is 16.8 Å². The van der Waals surface area contributed by atoms with Gasteiger partial charge in [-0.25, -0.2) is 4.98 Å². The average molecular weight is 381 g/mol. The fraction of sp³-hybridized carbons (Fsp3) is 0.211. The normalized spacial score (nSPS) is 12.4. The van der Waals surface area contributed by atoms with Crippen molar-refractivity contribution in [1.29, 1.82) is 0 Å². The van der Waals surface area contributed by atoms with Crippen molar-refractivity contribution in [1.82, 2.24) is 24.5 Å². The van der Waals surface area contributed by atoms with Gasteiger partial charge in [0.2, 0.25) is 0 Å². The summed E-state index contributed by atoms with van der Waals surface area (Å²) >= 11 is -1.37. The Morgan fingerprint density at radius 1 is 1.19 bits per heavy atom. The van der Waals surface area contributed by atoms with Crippen LogP contribution in [0.25, 0.3) is 17.0 Å². The molecule has 0 saturated carbocycles. The summed E-state index contributed by atoms with van der Waals surface area (Å²) in [7, 11) is 1.63. The molecule has 0 spiro atoms. The van der Waals surface area contributed by atoms with Gasteiger partial charge >= 0.3 is 5.16 Å². The highest BCUT2D eigenvalue weighted by Gasteiger charge is 2.21. The Morgan fingerprint density at radius 3 is 2.70 bits per heavy atom. The van der Waals surface area contributed by atoms with E-state index in [0.29, 0.717) is 10.8 Å². The molecule has 0 amide bonds. The number of aromatic amines is 1. The van der Waals surface area contributed by atoms with Gasteiger partial charge in [-0.3, -0.25) is 9.97 Å². The van der Waals surface area contributed by atoms with E-state index >= 15 is 0 Å². The van der Waals surface area contributed by atoms with Gasteiger partial charge in [-0.05, 0) is 38.1 Å². The lowest BCUT2D eigenvalue weighted by molar-refractivity contribution is 0.407. The third kappa shape index (κ3) is 3.29. The number of H-pyrrole nitrogens is 1. The zero-order chi connectivity index (χ0) is 19.0. The molecule has 1 unspecified atom stereocenters. The lowest BCUT2D eigenvalue weighted by Crippen LogP contribution is -2.10. The summed E-state index contributed by atoms with van der Waals surface area (Å²) in [6, 6.07) is 7.65. The number of rotatable bonds is 5. The number of methoxy groups -OCH3 is 1. The number of nitrogens with one attached hydrogen (secondary N) is 1. The molecular formula is C19H19N5O2S. The van der Waals surface area contributed by atoms with Crippen molar-refractivity contribution in [2.45, 2.75) is 24.8 Å². The lowest BCUT2D eigenvalue weighted by atomic mass is 10.1. The first-order chi connectivity index (χ1) is 13.1. The van der Waals surface area contributed by atoms with Gasteiger partial charge in [-0.2, -0.15) is 4.98 Å². The Labute approximate surface area is 159 Å². The van der Waals surface area contributed by atoms with Gasteiger partial charge in [0.05, 0.1) is 18.3 Å². The molecule has 138 valence electrons. The summed E-state index contributed by atoms with van der Waals surface area (Å²) in [6.45, 7) is 3.86. The summed E-state index contributed by atoms with van der Waals surface area (Å²) in [5.74, 6) is 1.80. The van der Waals surface area contributed by atoms with Crippen LogP contribution in [0.5, 0.6) is 5.75 Å². The maximum atomic E-state index is 12.8. The predicted octanol–water partition coefficient (Wildman–Crippen LogP) is 3.08. The Hall–Kier alpha value is -2.84. The first kappa shape index (κ1) is 17.6. The summed E-state index contributed by atoms with van der Waals surface area (Å²) in [4.78, 5) is 16.5. The van der Waals surface area contributed by atoms with E-state index in [9.17, 15) is 4.55 Å². The molecular weight excluding hydrogens is 362 g/mol. The van der Waals surface area contributed by atoms with Crippen LogP contribution in [-0.4, -0.2) is 36.2 Å². The number of aromatic nitrogens is 5. The van der Waals surface area contributed by atoms with Crippen molar-refractivity contribution >= 4 is 22.3 Å². The topological polar surface area (TPSA) is 91.7 Å². The van der Waals surface area contributed by atoms with Gasteiger partial charge in [0.15, 0.2) is 11.4 Å². The molecule has 0 saturated heterocycles. The van der Waals surface area contributed by atoms with Crippen LogP contribution >= 0.6 is 0 Å². The van der Waals surface area contributed by atoms with Crippen LogP contribution in [0.3, 0.4) is 0 Å². The standard InChI is InChI=1S/C19H19N5O2S/c1-12-10-20-15(13(2)17(12)26-3)11-27(25)19-21-14-6-7-16(22-18(14)23-19)24-8-4-5-9-24/h4-10H,11H2,1-3H3,(H,21,22,23). The minimum absolute atomic E-state index is 0.257. The van der Waals surface area contributed by atoms with Crippen LogP contribution < -0.4 is 4.74 Å². The predicted molar refractivity (Wildman–Crippen MR) is 104 cm³/mol. The summed E-state index contributed by atoms with van der Waals surface area (Å²) in [5.41, 5.74) is 3.87. The van der Waals surface area contributed by atoms with Crippen molar-refractivity contribution < 1.29 is 9.29 Å². The summed E-state index contributed by atoms with van der Waals surface area (Å²) in [5, 5.41) is 0.392. The number of aryl methyl sites for hydroxylation is 1. The highest BCUT2D eigenvalue weighted by molar-refractivity contribution is 7.90. The second-order valence-electron chi connectivity index (χ2n) is 6.21. The Balaban J connectivity index is 1.62. The number of hydrogen-bond donors (Lipinski definition) is 1. The number of ether oxygens (including phenoxy) is 1. The SMILES string of the molecule is COc1c(C)cnc(C[S+]([O-])c2nc3nc(-n4cccc4)ccc3[nH]2)c1C. The van der Waals surface area contributed by atoms with Crippen molar-refractivity contribution in [3.05, 3.63) is 59.7 Å². The molecule has 7 nitrogen and oxygen atoms in total. The molecule has 0 fully saturated rings. The fourth-order valence-corrected chi connectivity index (χ4v) is 4.10. The van der Waals surface area contributed by atoms with Crippen LogP contribution in [0.4, 0.5) is 0 Å². The Morgan fingerprint density at radius 2 is 1.96 bits per heavy atom. The Bertz CT molecular complexity index is 1090. The molecule has 0 radical (unpaired) electrons. The van der Waals surface area contributed by atoms with E-state index in [0.717, 1.165) is 33.9 Å². The molecule has 1 N–H and O–H groups in total. The van der Waals surface area contributed by atoms with Crippen molar-refractivity contribution in [2.75, 3.05) is 7.11 Å². The van der Waals surface area contributed by atoms with E-state index in [1.807, 2.05) is 55.1 Å². The third-order valence-electron chi connectivity index (χ3n) is 4.41. The summed E-state index contributed by atoms with van der Waals surface area (Å²) < 4.78 is 20.2. The van der Waals surface area contributed by atoms with Gasteiger partial charge in [-0.1, -0.05) is 0 Å². The van der Waals surface area contributed by atoms with Gasteiger partial charge in [0.25, 0.3) is 0 Å². The average Bonchev–Trinajstić information content (AvgIpc) is 3.33. The monoisotopic (exact) mass is 381 g/mol. The Kier molecular flexibility index (Phi) is 4.59. The number of nitrogens with zero attached hydrogens (tertiary/aromatic N) is 4. The van der Waals surface area contributed by atoms with Gasteiger partial charge in [0.1, 0.15) is 11.6 Å². The van der Waals surface area contributed by atoms with E-state index in [1.54, 1.807) is 13.3 Å². The van der Waals surface area contributed by atoms with E-state index in [1.165, 1.54) is 0 Å². The molecule has 4 aromatic heterocycles. The molecule has 0 aromatic carbocycles. The van der Waals surface area contributed by atoms with E-state index < -0.39 is 11.2 Å². The van der Waals surface area contributed by atoms with Gasteiger partial charge < -0.3 is 13.9 Å². The minimum Gasteiger partial charge on any atom is -0.609 e. The second kappa shape index (κ2) is 7.05. The van der Waals surface area contributed by atoms with Crippen molar-refractivity contribution in [3.8, 4) is 11.6 Å².